The van der Waals surface area contributed by atoms with Gasteiger partial charge < -0.3 is 14.8 Å². The second-order valence-corrected chi connectivity index (χ2v) is 6.17. The fourth-order valence-corrected chi connectivity index (χ4v) is 2.49. The molecule has 0 aliphatic heterocycles. The Morgan fingerprint density at radius 3 is 2.50 bits per heavy atom. The van der Waals surface area contributed by atoms with Crippen molar-refractivity contribution in [1.29, 1.82) is 0 Å². The highest BCUT2D eigenvalue weighted by Gasteiger charge is 2.14. The topological polar surface area (TPSA) is 47.6 Å². The summed E-state index contributed by atoms with van der Waals surface area (Å²) in [6, 6.07) is 12.8. The number of hydrogen-bond donors (Lipinski definition) is 1. The third-order valence-electron chi connectivity index (χ3n) is 3.36. The molecule has 24 heavy (non-hydrogen) atoms. The standard InChI is InChI=1S/C19H22BrNO3/c1-3-5-12-24-18-11-6-14(20)13-17(18)19(22)21-15-7-9-16(10-8-15)23-4-2/h6-11,13H,3-5,12H2,1-2H3,(H,21,22). The zero-order valence-electron chi connectivity index (χ0n) is 14.0. The first-order valence-corrected chi connectivity index (χ1v) is 8.90. The molecule has 0 bridgehead atoms. The van der Waals surface area contributed by atoms with Crippen molar-refractivity contribution in [3.05, 3.63) is 52.5 Å². The van der Waals surface area contributed by atoms with Crippen LogP contribution in [-0.4, -0.2) is 19.1 Å². The molecular weight excluding hydrogens is 370 g/mol. The number of hydrogen-bond acceptors (Lipinski definition) is 3. The lowest BCUT2D eigenvalue weighted by Crippen LogP contribution is -2.14. The van der Waals surface area contributed by atoms with Crippen LogP contribution in [0, 0.1) is 0 Å². The molecule has 0 aliphatic carbocycles. The molecule has 2 aromatic carbocycles. The highest BCUT2D eigenvalue weighted by atomic mass is 79.9. The Hall–Kier alpha value is -2.01. The predicted octanol–water partition coefficient (Wildman–Crippen LogP) is 5.28. The monoisotopic (exact) mass is 391 g/mol. The van der Waals surface area contributed by atoms with Gasteiger partial charge in [-0.3, -0.25) is 4.79 Å². The van der Waals surface area contributed by atoms with Gasteiger partial charge in [0.1, 0.15) is 11.5 Å². The highest BCUT2D eigenvalue weighted by molar-refractivity contribution is 9.10. The summed E-state index contributed by atoms with van der Waals surface area (Å²) in [6.45, 7) is 5.25. The number of benzene rings is 2. The van der Waals surface area contributed by atoms with Crippen LogP contribution in [-0.2, 0) is 0 Å². The van der Waals surface area contributed by atoms with E-state index in [9.17, 15) is 4.79 Å². The Balaban J connectivity index is 2.11. The van der Waals surface area contributed by atoms with Gasteiger partial charge in [0.05, 0.1) is 18.8 Å². The lowest BCUT2D eigenvalue weighted by atomic mass is 10.1. The summed E-state index contributed by atoms with van der Waals surface area (Å²) in [6.07, 6.45) is 2.00. The first-order chi connectivity index (χ1) is 11.6. The van der Waals surface area contributed by atoms with Crippen LogP contribution < -0.4 is 14.8 Å². The van der Waals surface area contributed by atoms with Crippen molar-refractivity contribution in [1.82, 2.24) is 0 Å². The number of halogens is 1. The Morgan fingerprint density at radius 1 is 1.08 bits per heavy atom. The number of unbranched alkanes of at least 4 members (excludes halogenated alkanes) is 1. The quantitative estimate of drug-likeness (QED) is 0.622. The Kier molecular flexibility index (Phi) is 7.12. The van der Waals surface area contributed by atoms with Crippen LogP contribution in [0.3, 0.4) is 0 Å². The van der Waals surface area contributed by atoms with Crippen LogP contribution >= 0.6 is 15.9 Å². The van der Waals surface area contributed by atoms with Gasteiger partial charge in [-0.1, -0.05) is 29.3 Å². The largest absolute Gasteiger partial charge is 0.494 e. The Bertz CT molecular complexity index is 671. The van der Waals surface area contributed by atoms with E-state index in [1.165, 1.54) is 0 Å². The van der Waals surface area contributed by atoms with Crippen LogP contribution in [0.25, 0.3) is 0 Å². The van der Waals surface area contributed by atoms with Crippen molar-refractivity contribution in [3.63, 3.8) is 0 Å². The molecule has 0 unspecified atom stereocenters. The van der Waals surface area contributed by atoms with Gasteiger partial charge in [-0.15, -0.1) is 0 Å². The van der Waals surface area contributed by atoms with Crippen molar-refractivity contribution >= 4 is 27.5 Å². The van der Waals surface area contributed by atoms with Crippen LogP contribution in [0.2, 0.25) is 0 Å². The van der Waals surface area contributed by atoms with E-state index in [4.69, 9.17) is 9.47 Å². The Morgan fingerprint density at radius 2 is 1.83 bits per heavy atom. The van der Waals surface area contributed by atoms with E-state index in [2.05, 4.69) is 28.2 Å². The van der Waals surface area contributed by atoms with Crippen molar-refractivity contribution in [2.24, 2.45) is 0 Å². The van der Waals surface area contributed by atoms with Gasteiger partial charge in [-0.05, 0) is 55.8 Å². The zero-order chi connectivity index (χ0) is 17.4. The first kappa shape index (κ1) is 18.3. The number of carbonyl (C=O) groups excluding carboxylic acids is 1. The van der Waals surface area contributed by atoms with E-state index in [0.29, 0.717) is 30.2 Å². The minimum Gasteiger partial charge on any atom is -0.494 e. The molecule has 2 rings (SSSR count). The molecule has 0 saturated heterocycles. The maximum atomic E-state index is 12.6. The maximum Gasteiger partial charge on any atom is 0.259 e. The molecule has 1 amide bonds. The number of ether oxygens (including phenoxy) is 2. The third kappa shape index (κ3) is 5.27. The number of amides is 1. The summed E-state index contributed by atoms with van der Waals surface area (Å²) < 4.78 is 12.0. The van der Waals surface area contributed by atoms with Gasteiger partial charge in [0.15, 0.2) is 0 Å². The average Bonchev–Trinajstić information content (AvgIpc) is 2.58. The van der Waals surface area contributed by atoms with E-state index in [1.807, 2.05) is 43.3 Å². The highest BCUT2D eigenvalue weighted by Crippen LogP contribution is 2.25. The van der Waals surface area contributed by atoms with Crippen molar-refractivity contribution in [2.75, 3.05) is 18.5 Å². The zero-order valence-corrected chi connectivity index (χ0v) is 15.6. The SMILES string of the molecule is CCCCOc1ccc(Br)cc1C(=O)Nc1ccc(OCC)cc1. The normalized spacial score (nSPS) is 10.3. The summed E-state index contributed by atoms with van der Waals surface area (Å²) in [5.41, 5.74) is 1.22. The number of rotatable bonds is 8. The lowest BCUT2D eigenvalue weighted by Gasteiger charge is -2.12. The molecule has 0 saturated carbocycles. The molecule has 0 heterocycles. The van der Waals surface area contributed by atoms with E-state index in [0.717, 1.165) is 23.1 Å². The second kappa shape index (κ2) is 9.33. The summed E-state index contributed by atoms with van der Waals surface area (Å²) in [7, 11) is 0. The fraction of sp³-hybridized carbons (Fsp3) is 0.316. The molecule has 2 aromatic rings. The summed E-state index contributed by atoms with van der Waals surface area (Å²) >= 11 is 3.41. The van der Waals surface area contributed by atoms with Crippen LogP contribution in [0.5, 0.6) is 11.5 Å². The second-order valence-electron chi connectivity index (χ2n) is 5.25. The first-order valence-electron chi connectivity index (χ1n) is 8.10. The minimum absolute atomic E-state index is 0.202. The molecule has 0 aromatic heterocycles. The van der Waals surface area contributed by atoms with E-state index in [1.54, 1.807) is 6.07 Å². The van der Waals surface area contributed by atoms with E-state index < -0.39 is 0 Å². The van der Waals surface area contributed by atoms with Gasteiger partial charge in [0.2, 0.25) is 0 Å². The molecule has 4 nitrogen and oxygen atoms in total. The van der Waals surface area contributed by atoms with E-state index >= 15 is 0 Å². The van der Waals surface area contributed by atoms with Gasteiger partial charge in [0.25, 0.3) is 5.91 Å². The molecule has 0 aliphatic rings. The lowest BCUT2D eigenvalue weighted by molar-refractivity contribution is 0.102. The summed E-state index contributed by atoms with van der Waals surface area (Å²) in [5, 5.41) is 2.89. The molecule has 5 heteroatoms. The van der Waals surface area contributed by atoms with Gasteiger partial charge in [-0.2, -0.15) is 0 Å². The third-order valence-corrected chi connectivity index (χ3v) is 3.86. The smallest absolute Gasteiger partial charge is 0.259 e. The summed E-state index contributed by atoms with van der Waals surface area (Å²) in [5.74, 6) is 1.17. The molecule has 0 fully saturated rings. The van der Waals surface area contributed by atoms with Crippen molar-refractivity contribution < 1.29 is 14.3 Å². The molecular formula is C19H22BrNO3. The number of nitrogens with one attached hydrogen (secondary N) is 1. The maximum absolute atomic E-state index is 12.6. The predicted molar refractivity (Wildman–Crippen MR) is 100 cm³/mol. The Labute approximate surface area is 151 Å². The van der Waals surface area contributed by atoms with Gasteiger partial charge in [0, 0.05) is 10.2 Å². The van der Waals surface area contributed by atoms with Crippen LogP contribution in [0.4, 0.5) is 5.69 Å². The van der Waals surface area contributed by atoms with E-state index in [-0.39, 0.29) is 5.91 Å². The summed E-state index contributed by atoms with van der Waals surface area (Å²) in [4.78, 5) is 12.6. The molecule has 0 atom stereocenters. The minimum atomic E-state index is -0.202. The number of carbonyl (C=O) groups is 1. The molecule has 0 spiro atoms. The molecule has 0 radical (unpaired) electrons. The van der Waals surface area contributed by atoms with Crippen LogP contribution in [0.1, 0.15) is 37.0 Å². The molecule has 1 N–H and O–H groups in total. The van der Waals surface area contributed by atoms with Crippen molar-refractivity contribution in [2.45, 2.75) is 26.7 Å². The van der Waals surface area contributed by atoms with Gasteiger partial charge in [-0.25, -0.2) is 0 Å². The van der Waals surface area contributed by atoms with Gasteiger partial charge >= 0.3 is 0 Å². The van der Waals surface area contributed by atoms with Crippen LogP contribution in [0.15, 0.2) is 46.9 Å². The van der Waals surface area contributed by atoms with Crippen molar-refractivity contribution in [3.8, 4) is 11.5 Å². The fourth-order valence-electron chi connectivity index (χ4n) is 2.13. The average molecular weight is 392 g/mol. The number of anilines is 1. The molecule has 128 valence electrons.